The number of rotatable bonds is 5. The number of nitrogens with one attached hydrogen (secondary N) is 1. The molecule has 0 spiro atoms. The van der Waals surface area contributed by atoms with Gasteiger partial charge in [0.25, 0.3) is 0 Å². The average Bonchev–Trinajstić information content (AvgIpc) is 3.16. The molecule has 0 aromatic carbocycles. The third kappa shape index (κ3) is 3.15. The van der Waals surface area contributed by atoms with Crippen molar-refractivity contribution < 1.29 is 9.90 Å². The molecule has 2 aromatic heterocycles. The van der Waals surface area contributed by atoms with E-state index in [2.05, 4.69) is 25.4 Å². The SMILES string of the molecule is Cc1cnc(N2C[C@@H](CC(=O)O)[C@@H](c3cn[nH]n3)C2)nc1N(C)C. The van der Waals surface area contributed by atoms with Crippen LogP contribution in [0.15, 0.2) is 12.4 Å². The number of aromatic amines is 1. The van der Waals surface area contributed by atoms with E-state index >= 15 is 0 Å². The van der Waals surface area contributed by atoms with Crippen molar-refractivity contribution in [3.05, 3.63) is 23.7 Å². The molecule has 128 valence electrons. The molecule has 3 heterocycles. The van der Waals surface area contributed by atoms with Crippen molar-refractivity contribution in [1.29, 1.82) is 0 Å². The van der Waals surface area contributed by atoms with Crippen molar-refractivity contribution in [2.45, 2.75) is 19.3 Å². The van der Waals surface area contributed by atoms with E-state index in [1.807, 2.05) is 30.8 Å². The largest absolute Gasteiger partial charge is 0.481 e. The highest BCUT2D eigenvalue weighted by atomic mass is 16.4. The first-order valence-electron chi connectivity index (χ1n) is 7.79. The lowest BCUT2D eigenvalue weighted by atomic mass is 9.91. The molecular formula is C15H21N7O2. The Morgan fingerprint density at radius 2 is 2.21 bits per heavy atom. The Hall–Kier alpha value is -2.71. The number of nitrogens with zero attached hydrogens (tertiary/aromatic N) is 6. The van der Waals surface area contributed by atoms with Gasteiger partial charge < -0.3 is 14.9 Å². The van der Waals surface area contributed by atoms with Crippen LogP contribution in [0.25, 0.3) is 0 Å². The van der Waals surface area contributed by atoms with Gasteiger partial charge in [0, 0.05) is 44.9 Å². The van der Waals surface area contributed by atoms with E-state index < -0.39 is 5.97 Å². The Morgan fingerprint density at radius 3 is 2.83 bits per heavy atom. The second-order valence-corrected chi connectivity index (χ2v) is 6.34. The molecule has 2 aromatic rings. The molecule has 0 aliphatic carbocycles. The monoisotopic (exact) mass is 331 g/mol. The van der Waals surface area contributed by atoms with Crippen LogP contribution in [-0.4, -0.2) is 63.6 Å². The second-order valence-electron chi connectivity index (χ2n) is 6.34. The molecule has 0 radical (unpaired) electrons. The van der Waals surface area contributed by atoms with Gasteiger partial charge in [-0.1, -0.05) is 0 Å². The maximum Gasteiger partial charge on any atom is 0.303 e. The highest BCUT2D eigenvalue weighted by Crippen LogP contribution is 2.35. The lowest BCUT2D eigenvalue weighted by Crippen LogP contribution is -2.24. The highest BCUT2D eigenvalue weighted by Gasteiger charge is 2.37. The summed E-state index contributed by atoms with van der Waals surface area (Å²) in [4.78, 5) is 24.2. The van der Waals surface area contributed by atoms with Crippen molar-refractivity contribution >= 4 is 17.7 Å². The molecule has 0 saturated carbocycles. The van der Waals surface area contributed by atoms with Crippen LogP contribution in [0.5, 0.6) is 0 Å². The van der Waals surface area contributed by atoms with Gasteiger partial charge in [0.1, 0.15) is 5.82 Å². The number of aromatic nitrogens is 5. The minimum Gasteiger partial charge on any atom is -0.481 e. The molecule has 2 atom stereocenters. The topological polar surface area (TPSA) is 111 Å². The molecular weight excluding hydrogens is 310 g/mol. The smallest absolute Gasteiger partial charge is 0.303 e. The fourth-order valence-electron chi connectivity index (χ4n) is 3.22. The summed E-state index contributed by atoms with van der Waals surface area (Å²) in [5, 5.41) is 19.8. The van der Waals surface area contributed by atoms with Gasteiger partial charge in [-0.25, -0.2) is 4.98 Å². The van der Waals surface area contributed by atoms with Gasteiger partial charge in [0.2, 0.25) is 5.95 Å². The maximum atomic E-state index is 11.2. The second kappa shape index (κ2) is 6.42. The summed E-state index contributed by atoms with van der Waals surface area (Å²) in [5.41, 5.74) is 1.78. The van der Waals surface area contributed by atoms with Crippen LogP contribution in [-0.2, 0) is 4.79 Å². The van der Waals surface area contributed by atoms with E-state index in [-0.39, 0.29) is 18.3 Å². The summed E-state index contributed by atoms with van der Waals surface area (Å²) in [6.45, 7) is 3.18. The number of aryl methyl sites for hydroxylation is 1. The zero-order valence-corrected chi connectivity index (χ0v) is 14.0. The van der Waals surface area contributed by atoms with Crippen LogP contribution in [0.1, 0.15) is 23.6 Å². The average molecular weight is 331 g/mol. The molecule has 1 saturated heterocycles. The van der Waals surface area contributed by atoms with Crippen molar-refractivity contribution in [3.63, 3.8) is 0 Å². The summed E-state index contributed by atoms with van der Waals surface area (Å²) < 4.78 is 0. The Morgan fingerprint density at radius 1 is 1.42 bits per heavy atom. The fraction of sp³-hybridized carbons (Fsp3) is 0.533. The van der Waals surface area contributed by atoms with Crippen LogP contribution in [0.2, 0.25) is 0 Å². The number of anilines is 2. The molecule has 9 nitrogen and oxygen atoms in total. The van der Waals surface area contributed by atoms with E-state index in [4.69, 9.17) is 0 Å². The standard InChI is InChI=1S/C15H21N7O2/c1-9-5-16-15(18-14(9)21(2)3)22-7-10(4-13(23)24)11(8-22)12-6-17-20-19-12/h5-6,10-11H,4,7-8H2,1-3H3,(H,23,24)(H,17,19,20)/t10-,11+/m1/s1. The number of aliphatic carboxylic acids is 1. The molecule has 0 amide bonds. The van der Waals surface area contributed by atoms with Gasteiger partial charge in [-0.3, -0.25) is 4.79 Å². The summed E-state index contributed by atoms with van der Waals surface area (Å²) in [6.07, 6.45) is 3.54. The number of H-pyrrole nitrogens is 1. The predicted molar refractivity (Wildman–Crippen MR) is 88.2 cm³/mol. The van der Waals surface area contributed by atoms with Crippen LogP contribution >= 0.6 is 0 Å². The van der Waals surface area contributed by atoms with E-state index in [1.165, 1.54) is 0 Å². The van der Waals surface area contributed by atoms with Crippen molar-refractivity contribution in [3.8, 4) is 0 Å². The highest BCUT2D eigenvalue weighted by molar-refractivity contribution is 5.67. The minimum absolute atomic E-state index is 0.00689. The summed E-state index contributed by atoms with van der Waals surface area (Å²) >= 11 is 0. The molecule has 2 N–H and O–H groups in total. The summed E-state index contributed by atoms with van der Waals surface area (Å²) in [7, 11) is 3.88. The third-order valence-corrected chi connectivity index (χ3v) is 4.33. The molecule has 9 heteroatoms. The van der Waals surface area contributed by atoms with Crippen LogP contribution < -0.4 is 9.80 Å². The zero-order chi connectivity index (χ0) is 17.3. The number of carboxylic acids is 1. The summed E-state index contributed by atoms with van der Waals surface area (Å²) in [5.74, 6) is 0.604. The van der Waals surface area contributed by atoms with Gasteiger partial charge in [-0.2, -0.15) is 20.4 Å². The molecule has 1 fully saturated rings. The first-order valence-corrected chi connectivity index (χ1v) is 7.79. The third-order valence-electron chi connectivity index (χ3n) is 4.33. The van der Waals surface area contributed by atoms with Crippen molar-refractivity contribution in [2.24, 2.45) is 5.92 Å². The first-order chi connectivity index (χ1) is 11.5. The molecule has 1 aliphatic heterocycles. The molecule has 0 bridgehead atoms. The Balaban J connectivity index is 1.87. The normalized spacial score (nSPS) is 20.4. The van der Waals surface area contributed by atoms with Gasteiger partial charge in [-0.15, -0.1) is 0 Å². The van der Waals surface area contributed by atoms with Crippen molar-refractivity contribution in [2.75, 3.05) is 37.0 Å². The Bertz CT molecular complexity index is 717. The quantitative estimate of drug-likeness (QED) is 0.822. The van der Waals surface area contributed by atoms with Gasteiger partial charge >= 0.3 is 5.97 Å². The van der Waals surface area contributed by atoms with Gasteiger partial charge in [0.05, 0.1) is 18.3 Å². The number of hydrogen-bond acceptors (Lipinski definition) is 7. The Kier molecular flexibility index (Phi) is 4.32. The molecule has 0 unspecified atom stereocenters. The lowest BCUT2D eigenvalue weighted by Gasteiger charge is -2.20. The van der Waals surface area contributed by atoms with E-state index in [0.29, 0.717) is 19.0 Å². The van der Waals surface area contributed by atoms with Crippen LogP contribution in [0.4, 0.5) is 11.8 Å². The number of hydrogen-bond donors (Lipinski definition) is 2. The zero-order valence-electron chi connectivity index (χ0n) is 14.0. The lowest BCUT2D eigenvalue weighted by molar-refractivity contribution is -0.138. The number of carbonyl (C=O) groups is 1. The van der Waals surface area contributed by atoms with Gasteiger partial charge in [-0.05, 0) is 12.8 Å². The van der Waals surface area contributed by atoms with Gasteiger partial charge in [0.15, 0.2) is 0 Å². The summed E-state index contributed by atoms with van der Waals surface area (Å²) in [6, 6.07) is 0. The maximum absolute atomic E-state index is 11.2. The predicted octanol–water partition coefficient (Wildman–Crippen LogP) is 0.664. The minimum atomic E-state index is -0.811. The first kappa shape index (κ1) is 16.2. The number of carboxylic acid groups (broad SMARTS) is 1. The molecule has 3 rings (SSSR count). The van der Waals surface area contributed by atoms with Crippen LogP contribution in [0, 0.1) is 12.8 Å². The van der Waals surface area contributed by atoms with E-state index in [1.54, 1.807) is 12.4 Å². The van der Waals surface area contributed by atoms with Crippen LogP contribution in [0.3, 0.4) is 0 Å². The van der Waals surface area contributed by atoms with E-state index in [9.17, 15) is 9.90 Å². The molecule has 1 aliphatic rings. The Labute approximate surface area is 139 Å². The molecule has 24 heavy (non-hydrogen) atoms. The van der Waals surface area contributed by atoms with Crippen molar-refractivity contribution in [1.82, 2.24) is 25.4 Å². The van der Waals surface area contributed by atoms with E-state index in [0.717, 1.165) is 17.1 Å². The fourth-order valence-corrected chi connectivity index (χ4v) is 3.22.